The van der Waals surface area contributed by atoms with Crippen molar-refractivity contribution < 1.29 is 0 Å². The fourth-order valence-electron chi connectivity index (χ4n) is 5.74. The lowest BCUT2D eigenvalue weighted by Gasteiger charge is -2.28. The van der Waals surface area contributed by atoms with Crippen molar-refractivity contribution >= 4 is 79.7 Å². The van der Waals surface area contributed by atoms with Crippen molar-refractivity contribution in [3.63, 3.8) is 0 Å². The summed E-state index contributed by atoms with van der Waals surface area (Å²) in [7, 11) is 0. The number of anilines is 3. The van der Waals surface area contributed by atoms with E-state index < -0.39 is 0 Å². The lowest BCUT2D eigenvalue weighted by atomic mass is 10.1. The van der Waals surface area contributed by atoms with Gasteiger partial charge in [0.25, 0.3) is 0 Å². The Kier molecular flexibility index (Phi) is 8.37. The topological polar surface area (TPSA) is 19.4 Å². The quantitative estimate of drug-likeness (QED) is 0.175. The summed E-state index contributed by atoms with van der Waals surface area (Å²) < 4.78 is 1.13. The zero-order valence-electron chi connectivity index (χ0n) is 24.1. The third kappa shape index (κ3) is 5.85. The zero-order valence-corrected chi connectivity index (χ0v) is 27.2. The van der Waals surface area contributed by atoms with Gasteiger partial charge in [-0.3, -0.25) is 0 Å². The average Bonchev–Trinajstić information content (AvgIpc) is 3.74. The number of nitrogens with zero attached hydrogens (tertiary/aromatic N) is 3. The molecule has 0 radical (unpaired) electrons. The molecule has 2 aliphatic rings. The average molecular weight is 651 g/mol. The van der Waals surface area contributed by atoms with E-state index in [-0.39, 0.29) is 0 Å². The summed E-state index contributed by atoms with van der Waals surface area (Å²) in [5.74, 6) is 0. The zero-order chi connectivity index (χ0) is 30.0. The van der Waals surface area contributed by atoms with Gasteiger partial charge in [-0.2, -0.15) is 0 Å². The van der Waals surface area contributed by atoms with Crippen molar-refractivity contribution in [1.29, 1.82) is 0 Å². The van der Waals surface area contributed by atoms with Crippen LogP contribution >= 0.6 is 46.3 Å². The number of para-hydroxylation sites is 2. The minimum absolute atomic E-state index is 0.706. The number of fused-ring (bicyclic) bond motifs is 2. The number of allylic oxidation sites excluding steroid dienone is 5. The molecule has 1 aromatic heterocycles. The lowest BCUT2D eigenvalue weighted by molar-refractivity contribution is 1.000. The van der Waals surface area contributed by atoms with E-state index in [4.69, 9.17) is 28.2 Å². The fraction of sp³-hybridized carbons (Fsp3) is 0.108. The molecule has 2 heterocycles. The van der Waals surface area contributed by atoms with Gasteiger partial charge >= 0.3 is 0 Å². The van der Waals surface area contributed by atoms with E-state index in [1.165, 1.54) is 32.5 Å². The summed E-state index contributed by atoms with van der Waals surface area (Å²) >= 11 is 16.1. The molecule has 4 aromatic carbocycles. The molecule has 3 nitrogen and oxygen atoms in total. The van der Waals surface area contributed by atoms with Gasteiger partial charge in [-0.15, -0.1) is 11.3 Å². The first kappa shape index (κ1) is 29.0. The SMILES string of the molecule is CCN1/C(=C/C=C2\CCC(/C=C/c3nc4cc(Cl)ccc4s3)=C2N(c2ccccc2)c2ccccc2)Sc2ccc(Cl)cc21. The summed E-state index contributed by atoms with van der Waals surface area (Å²) in [5, 5.41) is 3.65. The molecule has 7 rings (SSSR count). The van der Waals surface area contributed by atoms with Crippen LogP contribution in [0, 0.1) is 0 Å². The molecule has 0 saturated heterocycles. The number of thiazole rings is 1. The Balaban J connectivity index is 1.33. The predicted molar refractivity (Wildman–Crippen MR) is 191 cm³/mol. The first-order valence-electron chi connectivity index (χ1n) is 14.6. The second kappa shape index (κ2) is 12.7. The van der Waals surface area contributed by atoms with Crippen LogP contribution in [0.5, 0.6) is 0 Å². The van der Waals surface area contributed by atoms with Gasteiger partial charge in [-0.25, -0.2) is 4.98 Å². The third-order valence-electron chi connectivity index (χ3n) is 7.75. The predicted octanol–water partition coefficient (Wildman–Crippen LogP) is 11.9. The Morgan fingerprint density at radius 2 is 1.52 bits per heavy atom. The molecule has 0 N–H and O–H groups in total. The first-order chi connectivity index (χ1) is 21.6. The van der Waals surface area contributed by atoms with Crippen molar-refractivity contribution in [2.24, 2.45) is 0 Å². The number of thioether (sulfide) groups is 1. The van der Waals surface area contributed by atoms with E-state index in [2.05, 4.69) is 114 Å². The molecule has 0 fully saturated rings. The molecule has 0 amide bonds. The number of benzene rings is 4. The standard InChI is InChI=1S/C37H29Cl2N3S2/c1-2-41-32-24-28(39)18-20-34(32)44-36(41)22-16-26-14-13-25(15-21-35-40-31-23-27(38)17-19-33(31)43-35)37(26)42(29-9-5-3-6-10-29)30-11-7-4-8-12-30/h3-12,15-24H,2,13-14H2,1H3/b21-15+,26-16+,36-22-. The number of rotatable bonds is 7. The first-order valence-corrected chi connectivity index (χ1v) is 17.0. The lowest BCUT2D eigenvalue weighted by Crippen LogP contribution is -2.18. The number of hydrogen-bond donors (Lipinski definition) is 0. The molecule has 0 saturated carbocycles. The van der Waals surface area contributed by atoms with Gasteiger partial charge in [0.2, 0.25) is 0 Å². The van der Waals surface area contributed by atoms with Crippen molar-refractivity contribution in [2.75, 3.05) is 16.3 Å². The van der Waals surface area contributed by atoms with Crippen molar-refractivity contribution in [3.05, 3.63) is 152 Å². The van der Waals surface area contributed by atoms with E-state index in [0.717, 1.165) is 51.0 Å². The second-order valence-electron chi connectivity index (χ2n) is 10.5. The smallest absolute Gasteiger partial charge is 0.117 e. The highest BCUT2D eigenvalue weighted by Crippen LogP contribution is 2.47. The molecule has 44 heavy (non-hydrogen) atoms. The number of aromatic nitrogens is 1. The van der Waals surface area contributed by atoms with Crippen LogP contribution in [-0.2, 0) is 0 Å². The highest BCUT2D eigenvalue weighted by molar-refractivity contribution is 8.03. The second-order valence-corrected chi connectivity index (χ2v) is 13.5. The molecule has 5 aromatic rings. The molecule has 7 heteroatoms. The molecule has 1 aliphatic carbocycles. The van der Waals surface area contributed by atoms with Gasteiger partial charge in [0.15, 0.2) is 0 Å². The highest BCUT2D eigenvalue weighted by Gasteiger charge is 2.27. The van der Waals surface area contributed by atoms with Crippen LogP contribution in [0.2, 0.25) is 10.0 Å². The van der Waals surface area contributed by atoms with Crippen LogP contribution in [0.4, 0.5) is 17.1 Å². The summed E-state index contributed by atoms with van der Waals surface area (Å²) in [5.41, 5.74) is 8.15. The monoisotopic (exact) mass is 649 g/mol. The van der Waals surface area contributed by atoms with Gasteiger partial charge in [0.05, 0.1) is 26.6 Å². The van der Waals surface area contributed by atoms with Gasteiger partial charge < -0.3 is 9.80 Å². The minimum atomic E-state index is 0.706. The van der Waals surface area contributed by atoms with Gasteiger partial charge in [0.1, 0.15) is 5.01 Å². The Morgan fingerprint density at radius 1 is 0.818 bits per heavy atom. The summed E-state index contributed by atoms with van der Waals surface area (Å²) in [6.45, 7) is 3.06. The van der Waals surface area contributed by atoms with Crippen LogP contribution in [0.1, 0.15) is 24.8 Å². The Morgan fingerprint density at radius 3 is 2.25 bits per heavy atom. The summed E-state index contributed by atoms with van der Waals surface area (Å²) in [4.78, 5) is 10.8. The maximum atomic E-state index is 6.37. The molecular formula is C37H29Cl2N3S2. The summed E-state index contributed by atoms with van der Waals surface area (Å²) in [6, 6.07) is 33.3. The fourth-order valence-corrected chi connectivity index (χ4v) is 8.04. The van der Waals surface area contributed by atoms with Crippen molar-refractivity contribution in [1.82, 2.24) is 4.98 Å². The largest absolute Gasteiger partial charge is 0.335 e. The normalized spacial score (nSPS) is 16.7. The van der Waals surface area contributed by atoms with Crippen LogP contribution < -0.4 is 9.80 Å². The molecule has 0 unspecified atom stereocenters. The summed E-state index contributed by atoms with van der Waals surface area (Å²) in [6.07, 6.45) is 10.9. The van der Waals surface area contributed by atoms with Crippen LogP contribution in [-0.4, -0.2) is 11.5 Å². The van der Waals surface area contributed by atoms with E-state index in [1.807, 2.05) is 24.3 Å². The number of halogens is 2. The Hall–Kier alpha value is -3.74. The van der Waals surface area contributed by atoms with Crippen LogP contribution in [0.3, 0.4) is 0 Å². The maximum absolute atomic E-state index is 6.37. The van der Waals surface area contributed by atoms with Crippen LogP contribution in [0.25, 0.3) is 16.3 Å². The maximum Gasteiger partial charge on any atom is 0.117 e. The Labute approximate surface area is 276 Å². The van der Waals surface area contributed by atoms with E-state index in [1.54, 1.807) is 23.1 Å². The molecule has 0 bridgehead atoms. The van der Waals surface area contributed by atoms with Crippen molar-refractivity contribution in [3.8, 4) is 0 Å². The molecule has 1 aliphatic heterocycles. The van der Waals surface area contributed by atoms with E-state index in [0.29, 0.717) is 5.02 Å². The third-order valence-corrected chi connectivity index (χ3v) is 10.4. The number of hydrogen-bond acceptors (Lipinski definition) is 5. The molecule has 0 atom stereocenters. The van der Waals surface area contributed by atoms with Crippen LogP contribution in [0.15, 0.2) is 142 Å². The molecular weight excluding hydrogens is 621 g/mol. The van der Waals surface area contributed by atoms with E-state index >= 15 is 0 Å². The minimum Gasteiger partial charge on any atom is -0.335 e. The molecule has 0 spiro atoms. The Bertz CT molecular complexity index is 1920. The van der Waals surface area contributed by atoms with Gasteiger partial charge in [-0.1, -0.05) is 83.5 Å². The van der Waals surface area contributed by atoms with Gasteiger partial charge in [-0.05, 0) is 104 Å². The molecule has 218 valence electrons. The van der Waals surface area contributed by atoms with Gasteiger partial charge in [0, 0.05) is 32.9 Å². The highest BCUT2D eigenvalue weighted by atomic mass is 35.5. The van der Waals surface area contributed by atoms with E-state index in [9.17, 15) is 0 Å². The van der Waals surface area contributed by atoms with Crippen molar-refractivity contribution in [2.45, 2.75) is 24.7 Å².